The van der Waals surface area contributed by atoms with E-state index in [1.54, 1.807) is 6.08 Å². The standard InChI is InChI=1S/C16H19NO3/c18-16-12-14(17-8-10-19-11-9-17)15(20-16)7-6-13-4-2-1-3-5-13/h1-5,12,15H,6-11H2. The first-order chi connectivity index (χ1) is 9.83. The fraction of sp³-hybridized carbons (Fsp3) is 0.438. The van der Waals surface area contributed by atoms with Gasteiger partial charge in [0.05, 0.1) is 18.9 Å². The molecule has 0 saturated carbocycles. The van der Waals surface area contributed by atoms with Crippen molar-refractivity contribution in [2.45, 2.75) is 18.9 Å². The van der Waals surface area contributed by atoms with Crippen LogP contribution in [-0.4, -0.2) is 43.3 Å². The highest BCUT2D eigenvalue weighted by atomic mass is 16.5. The zero-order valence-electron chi connectivity index (χ0n) is 11.5. The van der Waals surface area contributed by atoms with Crippen LogP contribution in [0.15, 0.2) is 42.1 Å². The second kappa shape index (κ2) is 6.09. The minimum Gasteiger partial charge on any atom is -0.453 e. The third-order valence-electron chi connectivity index (χ3n) is 3.77. The second-order valence-corrected chi connectivity index (χ2v) is 5.12. The van der Waals surface area contributed by atoms with Crippen molar-refractivity contribution >= 4 is 5.97 Å². The van der Waals surface area contributed by atoms with E-state index >= 15 is 0 Å². The number of carbonyl (C=O) groups is 1. The van der Waals surface area contributed by atoms with Gasteiger partial charge in [-0.3, -0.25) is 0 Å². The van der Waals surface area contributed by atoms with Crippen LogP contribution in [0.5, 0.6) is 0 Å². The molecule has 1 aromatic rings. The molecule has 0 aliphatic carbocycles. The van der Waals surface area contributed by atoms with Gasteiger partial charge in [-0.1, -0.05) is 30.3 Å². The van der Waals surface area contributed by atoms with Gasteiger partial charge < -0.3 is 14.4 Å². The zero-order valence-corrected chi connectivity index (χ0v) is 11.5. The predicted octanol–water partition coefficient (Wildman–Crippen LogP) is 1.76. The quantitative estimate of drug-likeness (QED) is 0.784. The summed E-state index contributed by atoms with van der Waals surface area (Å²) in [7, 11) is 0. The molecule has 3 rings (SSSR count). The fourth-order valence-corrected chi connectivity index (χ4v) is 2.71. The Bertz CT molecular complexity index is 492. The lowest BCUT2D eigenvalue weighted by atomic mass is 10.0. The van der Waals surface area contributed by atoms with E-state index < -0.39 is 0 Å². The number of ether oxygens (including phenoxy) is 2. The molecule has 1 unspecified atom stereocenters. The number of cyclic esters (lactones) is 1. The minimum atomic E-state index is -0.218. The summed E-state index contributed by atoms with van der Waals surface area (Å²) in [6.45, 7) is 3.11. The van der Waals surface area contributed by atoms with Gasteiger partial charge in [0.2, 0.25) is 0 Å². The molecule has 2 aliphatic heterocycles. The summed E-state index contributed by atoms with van der Waals surface area (Å²) in [5.74, 6) is -0.218. The largest absolute Gasteiger partial charge is 0.453 e. The molecule has 0 radical (unpaired) electrons. The minimum absolute atomic E-state index is 0.110. The SMILES string of the molecule is O=C1C=C(N2CCOCC2)C(CCc2ccccc2)O1. The Hall–Kier alpha value is -1.81. The van der Waals surface area contributed by atoms with Crippen molar-refractivity contribution in [3.63, 3.8) is 0 Å². The number of rotatable bonds is 4. The lowest BCUT2D eigenvalue weighted by Crippen LogP contribution is -2.38. The second-order valence-electron chi connectivity index (χ2n) is 5.12. The molecule has 0 spiro atoms. The van der Waals surface area contributed by atoms with E-state index in [1.165, 1.54) is 5.56 Å². The van der Waals surface area contributed by atoms with Crippen LogP contribution in [0.1, 0.15) is 12.0 Å². The Morgan fingerprint density at radius 3 is 2.65 bits per heavy atom. The van der Waals surface area contributed by atoms with Crippen LogP contribution in [0.2, 0.25) is 0 Å². The van der Waals surface area contributed by atoms with Crippen molar-refractivity contribution in [3.8, 4) is 0 Å². The number of morpholine rings is 1. The first kappa shape index (κ1) is 13.2. The van der Waals surface area contributed by atoms with Crippen molar-refractivity contribution < 1.29 is 14.3 Å². The summed E-state index contributed by atoms with van der Waals surface area (Å²) < 4.78 is 10.8. The molecule has 4 nitrogen and oxygen atoms in total. The monoisotopic (exact) mass is 273 g/mol. The molecule has 1 saturated heterocycles. The zero-order chi connectivity index (χ0) is 13.8. The molecule has 106 valence electrons. The molecule has 1 aromatic carbocycles. The van der Waals surface area contributed by atoms with Gasteiger partial charge in [0.1, 0.15) is 6.10 Å². The van der Waals surface area contributed by atoms with Crippen LogP contribution in [0.4, 0.5) is 0 Å². The summed E-state index contributed by atoms with van der Waals surface area (Å²) in [5.41, 5.74) is 2.30. The van der Waals surface area contributed by atoms with Crippen LogP contribution in [0.3, 0.4) is 0 Å². The van der Waals surface area contributed by atoms with Crippen molar-refractivity contribution in [1.29, 1.82) is 0 Å². The number of nitrogens with zero attached hydrogens (tertiary/aromatic N) is 1. The highest BCUT2D eigenvalue weighted by Crippen LogP contribution is 2.24. The van der Waals surface area contributed by atoms with Gasteiger partial charge in [0, 0.05) is 19.2 Å². The Balaban J connectivity index is 1.63. The van der Waals surface area contributed by atoms with Crippen LogP contribution < -0.4 is 0 Å². The maximum absolute atomic E-state index is 11.6. The van der Waals surface area contributed by atoms with E-state index in [-0.39, 0.29) is 12.1 Å². The maximum atomic E-state index is 11.6. The van der Waals surface area contributed by atoms with Crippen molar-refractivity contribution in [2.75, 3.05) is 26.3 Å². The number of benzene rings is 1. The van der Waals surface area contributed by atoms with E-state index in [1.807, 2.05) is 18.2 Å². The molecule has 20 heavy (non-hydrogen) atoms. The van der Waals surface area contributed by atoms with Gasteiger partial charge in [-0.2, -0.15) is 0 Å². The Morgan fingerprint density at radius 1 is 1.15 bits per heavy atom. The lowest BCUT2D eigenvalue weighted by molar-refractivity contribution is -0.139. The summed E-state index contributed by atoms with van der Waals surface area (Å²) >= 11 is 0. The molecule has 2 heterocycles. The van der Waals surface area contributed by atoms with E-state index in [2.05, 4.69) is 17.0 Å². The number of aryl methyl sites for hydroxylation is 1. The van der Waals surface area contributed by atoms with Gasteiger partial charge in [-0.05, 0) is 18.4 Å². The van der Waals surface area contributed by atoms with Gasteiger partial charge in [0.15, 0.2) is 0 Å². The van der Waals surface area contributed by atoms with Gasteiger partial charge in [0.25, 0.3) is 0 Å². The molecule has 0 bridgehead atoms. The Labute approximate surface area is 119 Å². The van der Waals surface area contributed by atoms with Crippen LogP contribution in [0, 0.1) is 0 Å². The molecule has 2 aliphatic rings. The highest BCUT2D eigenvalue weighted by Gasteiger charge is 2.30. The summed E-state index contributed by atoms with van der Waals surface area (Å²) in [6.07, 6.45) is 3.28. The van der Waals surface area contributed by atoms with Gasteiger partial charge in [-0.25, -0.2) is 4.79 Å². The molecule has 0 amide bonds. The molecule has 0 aromatic heterocycles. The number of hydrogen-bond donors (Lipinski definition) is 0. The summed E-state index contributed by atoms with van der Waals surface area (Å²) in [4.78, 5) is 13.8. The van der Waals surface area contributed by atoms with E-state index in [9.17, 15) is 4.79 Å². The molecule has 4 heteroatoms. The van der Waals surface area contributed by atoms with Crippen LogP contribution >= 0.6 is 0 Å². The van der Waals surface area contributed by atoms with Crippen LogP contribution in [-0.2, 0) is 20.7 Å². The average molecular weight is 273 g/mol. The normalized spacial score (nSPS) is 22.6. The predicted molar refractivity (Wildman–Crippen MR) is 75.1 cm³/mol. The van der Waals surface area contributed by atoms with Crippen LogP contribution in [0.25, 0.3) is 0 Å². The fourth-order valence-electron chi connectivity index (χ4n) is 2.71. The van der Waals surface area contributed by atoms with E-state index in [0.717, 1.165) is 44.8 Å². The number of carbonyl (C=O) groups excluding carboxylic acids is 1. The third-order valence-corrected chi connectivity index (χ3v) is 3.77. The topological polar surface area (TPSA) is 38.8 Å². The van der Waals surface area contributed by atoms with Crippen molar-refractivity contribution in [2.24, 2.45) is 0 Å². The van der Waals surface area contributed by atoms with Gasteiger partial charge in [-0.15, -0.1) is 0 Å². The lowest BCUT2D eigenvalue weighted by Gasteiger charge is -2.31. The summed E-state index contributed by atoms with van der Waals surface area (Å²) in [5, 5.41) is 0. The van der Waals surface area contributed by atoms with Crippen molar-refractivity contribution in [3.05, 3.63) is 47.7 Å². The average Bonchev–Trinajstić information content (AvgIpc) is 2.88. The molecular formula is C16H19NO3. The van der Waals surface area contributed by atoms with Gasteiger partial charge >= 0.3 is 5.97 Å². The van der Waals surface area contributed by atoms with E-state index in [4.69, 9.17) is 9.47 Å². The first-order valence-electron chi connectivity index (χ1n) is 7.12. The number of hydrogen-bond acceptors (Lipinski definition) is 4. The van der Waals surface area contributed by atoms with E-state index in [0.29, 0.717) is 0 Å². The molecule has 1 atom stereocenters. The molecular weight excluding hydrogens is 254 g/mol. The first-order valence-corrected chi connectivity index (χ1v) is 7.12. The molecule has 0 N–H and O–H groups in total. The maximum Gasteiger partial charge on any atom is 0.333 e. The number of esters is 1. The summed E-state index contributed by atoms with van der Waals surface area (Å²) in [6, 6.07) is 10.3. The highest BCUT2D eigenvalue weighted by molar-refractivity contribution is 5.85. The van der Waals surface area contributed by atoms with Crippen molar-refractivity contribution in [1.82, 2.24) is 4.90 Å². The smallest absolute Gasteiger partial charge is 0.333 e. The third kappa shape index (κ3) is 3.02. The molecule has 1 fully saturated rings. The Morgan fingerprint density at radius 2 is 1.90 bits per heavy atom. The Kier molecular flexibility index (Phi) is 4.02.